The van der Waals surface area contributed by atoms with Crippen molar-refractivity contribution in [3.05, 3.63) is 57.4 Å². The standard InChI is InChI=1S/C21H23ClN4O2/c22-18-17(20(23)27)16-11-25(7-8-26(16)19(18)12-5-6-12)21(28)24-15-9-13-3-1-2-4-14(13)10-15/h1-4,12,15H,5-11H2,(H2,23,27)(H,24,28). The number of nitrogens with two attached hydrogens (primary N) is 1. The Bertz CT molecular complexity index is 954. The molecule has 1 aromatic carbocycles. The first-order valence-electron chi connectivity index (χ1n) is 9.85. The van der Waals surface area contributed by atoms with Gasteiger partial charge in [-0.2, -0.15) is 0 Å². The van der Waals surface area contributed by atoms with E-state index >= 15 is 0 Å². The van der Waals surface area contributed by atoms with Crippen LogP contribution in [0.4, 0.5) is 4.79 Å². The smallest absolute Gasteiger partial charge is 0.318 e. The van der Waals surface area contributed by atoms with E-state index in [1.165, 1.54) is 11.1 Å². The molecule has 1 aromatic heterocycles. The van der Waals surface area contributed by atoms with Crippen molar-refractivity contribution in [2.45, 2.75) is 50.7 Å². The maximum Gasteiger partial charge on any atom is 0.318 e. The number of aromatic nitrogens is 1. The Balaban J connectivity index is 1.34. The van der Waals surface area contributed by atoms with Crippen LogP contribution in [0, 0.1) is 0 Å². The highest BCUT2D eigenvalue weighted by Gasteiger charge is 2.37. The minimum atomic E-state index is -0.519. The summed E-state index contributed by atoms with van der Waals surface area (Å²) >= 11 is 6.53. The first-order valence-corrected chi connectivity index (χ1v) is 10.2. The maximum absolute atomic E-state index is 12.9. The molecule has 6 nitrogen and oxygen atoms in total. The van der Waals surface area contributed by atoms with Gasteiger partial charge in [-0.05, 0) is 36.8 Å². The second-order valence-electron chi connectivity index (χ2n) is 8.06. The molecule has 7 heteroatoms. The molecular formula is C21H23ClN4O2. The highest BCUT2D eigenvalue weighted by Crippen LogP contribution is 2.46. The molecule has 2 aromatic rings. The Morgan fingerprint density at radius 3 is 2.39 bits per heavy atom. The first kappa shape index (κ1) is 17.6. The van der Waals surface area contributed by atoms with Gasteiger partial charge >= 0.3 is 6.03 Å². The fourth-order valence-corrected chi connectivity index (χ4v) is 5.12. The summed E-state index contributed by atoms with van der Waals surface area (Å²) < 4.78 is 2.12. The van der Waals surface area contributed by atoms with Crippen LogP contribution in [0.3, 0.4) is 0 Å². The topological polar surface area (TPSA) is 80.4 Å². The number of nitrogens with one attached hydrogen (secondary N) is 1. The quantitative estimate of drug-likeness (QED) is 0.833. The summed E-state index contributed by atoms with van der Waals surface area (Å²) in [6.07, 6.45) is 3.90. The highest BCUT2D eigenvalue weighted by atomic mass is 35.5. The van der Waals surface area contributed by atoms with Crippen LogP contribution in [-0.4, -0.2) is 34.0 Å². The second kappa shape index (κ2) is 6.55. The van der Waals surface area contributed by atoms with Crippen molar-refractivity contribution in [2.75, 3.05) is 6.54 Å². The van der Waals surface area contributed by atoms with Crippen molar-refractivity contribution in [2.24, 2.45) is 5.73 Å². The first-order chi connectivity index (χ1) is 13.5. The fourth-order valence-electron chi connectivity index (χ4n) is 4.66. The summed E-state index contributed by atoms with van der Waals surface area (Å²) in [6, 6.07) is 8.33. The summed E-state index contributed by atoms with van der Waals surface area (Å²) in [5.41, 5.74) is 10.4. The molecule has 2 aliphatic carbocycles. The van der Waals surface area contributed by atoms with Gasteiger partial charge in [-0.1, -0.05) is 35.9 Å². The number of amides is 3. The van der Waals surface area contributed by atoms with E-state index in [0.29, 0.717) is 36.1 Å². The Kier molecular flexibility index (Phi) is 4.12. The van der Waals surface area contributed by atoms with Gasteiger partial charge in [0.25, 0.3) is 5.91 Å². The van der Waals surface area contributed by atoms with Gasteiger partial charge in [0.1, 0.15) is 0 Å². The number of halogens is 1. The molecule has 0 spiro atoms. The van der Waals surface area contributed by atoms with Crippen molar-refractivity contribution < 1.29 is 9.59 Å². The molecule has 0 atom stereocenters. The lowest BCUT2D eigenvalue weighted by Crippen LogP contribution is -2.48. The zero-order valence-electron chi connectivity index (χ0n) is 15.6. The SMILES string of the molecule is NC(=O)c1c(Cl)c(C2CC2)n2c1CN(C(=O)NC1Cc3ccccc3C1)CC2. The lowest BCUT2D eigenvalue weighted by Gasteiger charge is -2.31. The number of carbonyl (C=O) groups excluding carboxylic acids is 2. The maximum atomic E-state index is 12.9. The minimum Gasteiger partial charge on any atom is -0.365 e. The number of hydrogen-bond donors (Lipinski definition) is 2. The van der Waals surface area contributed by atoms with E-state index < -0.39 is 5.91 Å². The largest absolute Gasteiger partial charge is 0.365 e. The van der Waals surface area contributed by atoms with Crippen molar-refractivity contribution in [3.8, 4) is 0 Å². The number of nitrogens with zero attached hydrogens (tertiary/aromatic N) is 2. The predicted molar refractivity (Wildman–Crippen MR) is 107 cm³/mol. The molecule has 0 saturated heterocycles. The number of hydrogen-bond acceptors (Lipinski definition) is 2. The van der Waals surface area contributed by atoms with Crippen molar-refractivity contribution in [3.63, 3.8) is 0 Å². The molecule has 3 N–H and O–H groups in total. The average molecular weight is 399 g/mol. The van der Waals surface area contributed by atoms with Crippen LogP contribution in [0.25, 0.3) is 0 Å². The van der Waals surface area contributed by atoms with Gasteiger partial charge in [0.2, 0.25) is 0 Å². The summed E-state index contributed by atoms with van der Waals surface area (Å²) in [7, 11) is 0. The normalized spacial score (nSPS) is 18.7. The van der Waals surface area contributed by atoms with E-state index in [0.717, 1.165) is 37.1 Å². The van der Waals surface area contributed by atoms with E-state index in [1.54, 1.807) is 4.90 Å². The van der Waals surface area contributed by atoms with E-state index in [4.69, 9.17) is 17.3 Å². The highest BCUT2D eigenvalue weighted by molar-refractivity contribution is 6.35. The summed E-state index contributed by atoms with van der Waals surface area (Å²) in [5, 5.41) is 3.64. The van der Waals surface area contributed by atoms with Crippen LogP contribution < -0.4 is 11.1 Å². The molecule has 1 saturated carbocycles. The van der Waals surface area contributed by atoms with E-state index in [2.05, 4.69) is 22.0 Å². The molecule has 3 amide bonds. The van der Waals surface area contributed by atoms with Crippen LogP contribution >= 0.6 is 11.6 Å². The van der Waals surface area contributed by atoms with Gasteiger partial charge in [0.15, 0.2) is 0 Å². The molecule has 28 heavy (non-hydrogen) atoms. The van der Waals surface area contributed by atoms with Crippen LogP contribution in [0.15, 0.2) is 24.3 Å². The molecule has 5 rings (SSSR count). The van der Waals surface area contributed by atoms with Crippen molar-refractivity contribution >= 4 is 23.5 Å². The van der Waals surface area contributed by atoms with Crippen LogP contribution in [0.2, 0.25) is 5.02 Å². The Labute approximate surface area is 168 Å². The molecule has 1 aliphatic heterocycles. The number of primary amides is 1. The molecular weight excluding hydrogens is 376 g/mol. The minimum absolute atomic E-state index is 0.0928. The molecule has 0 unspecified atom stereocenters. The fraction of sp³-hybridized carbons (Fsp3) is 0.429. The zero-order valence-corrected chi connectivity index (χ0v) is 16.3. The van der Waals surface area contributed by atoms with Gasteiger partial charge in [0, 0.05) is 30.7 Å². The third-order valence-corrected chi connectivity index (χ3v) is 6.54. The number of carbonyl (C=O) groups is 2. The average Bonchev–Trinajstić information content (AvgIpc) is 3.33. The Morgan fingerprint density at radius 1 is 1.11 bits per heavy atom. The third kappa shape index (κ3) is 2.87. The van der Waals surface area contributed by atoms with Gasteiger partial charge in [-0.15, -0.1) is 0 Å². The van der Waals surface area contributed by atoms with E-state index in [-0.39, 0.29) is 12.1 Å². The van der Waals surface area contributed by atoms with E-state index in [9.17, 15) is 9.59 Å². The molecule has 0 bridgehead atoms. The number of rotatable bonds is 3. The van der Waals surface area contributed by atoms with Crippen LogP contribution in [0.1, 0.15) is 51.6 Å². The van der Waals surface area contributed by atoms with Gasteiger partial charge in [0.05, 0.1) is 22.8 Å². The van der Waals surface area contributed by atoms with Crippen molar-refractivity contribution in [1.82, 2.24) is 14.8 Å². The molecule has 0 radical (unpaired) electrons. The number of fused-ring (bicyclic) bond motifs is 2. The Morgan fingerprint density at radius 2 is 1.79 bits per heavy atom. The molecule has 2 heterocycles. The third-order valence-electron chi connectivity index (χ3n) is 6.16. The lowest BCUT2D eigenvalue weighted by molar-refractivity contribution is 0.0996. The molecule has 146 valence electrons. The van der Waals surface area contributed by atoms with Gasteiger partial charge in [-0.25, -0.2) is 4.79 Å². The van der Waals surface area contributed by atoms with Crippen LogP contribution in [-0.2, 0) is 25.9 Å². The predicted octanol–water partition coefficient (Wildman–Crippen LogP) is 2.81. The summed E-state index contributed by atoms with van der Waals surface area (Å²) in [5.74, 6) is -0.106. The number of benzene rings is 1. The van der Waals surface area contributed by atoms with Crippen molar-refractivity contribution in [1.29, 1.82) is 0 Å². The number of urea groups is 1. The monoisotopic (exact) mass is 398 g/mol. The lowest BCUT2D eigenvalue weighted by atomic mass is 10.1. The van der Waals surface area contributed by atoms with Gasteiger partial charge < -0.3 is 20.5 Å². The van der Waals surface area contributed by atoms with Crippen LogP contribution in [0.5, 0.6) is 0 Å². The summed E-state index contributed by atoms with van der Waals surface area (Å²) in [4.78, 5) is 26.7. The molecule has 1 fully saturated rings. The zero-order chi connectivity index (χ0) is 19.4. The molecule has 3 aliphatic rings. The second-order valence-corrected chi connectivity index (χ2v) is 8.43. The Hall–Kier alpha value is -2.47. The van der Waals surface area contributed by atoms with E-state index in [1.807, 2.05) is 12.1 Å². The van der Waals surface area contributed by atoms with Gasteiger partial charge in [-0.3, -0.25) is 4.79 Å². The summed E-state index contributed by atoms with van der Waals surface area (Å²) in [6.45, 7) is 1.60.